The lowest BCUT2D eigenvalue weighted by Crippen LogP contribution is -2.41. The third-order valence-corrected chi connectivity index (χ3v) is 4.31. The van der Waals surface area contributed by atoms with E-state index in [1.807, 2.05) is 6.92 Å². The first-order valence-corrected chi connectivity index (χ1v) is 8.49. The van der Waals surface area contributed by atoms with Gasteiger partial charge in [0, 0.05) is 12.5 Å². The SMILES string of the molecule is CCCCn1c(N)c(N(Cc2ccco2)C(=O)C2CC2)c(=O)[nH]c1=O. The highest BCUT2D eigenvalue weighted by molar-refractivity contribution is 5.98. The average molecular weight is 346 g/mol. The first-order chi connectivity index (χ1) is 12.0. The summed E-state index contributed by atoms with van der Waals surface area (Å²) >= 11 is 0. The van der Waals surface area contributed by atoms with Gasteiger partial charge in [-0.25, -0.2) is 4.79 Å². The Balaban J connectivity index is 2.06. The molecular formula is C17H22N4O4. The fraction of sp³-hybridized carbons (Fsp3) is 0.471. The van der Waals surface area contributed by atoms with Crippen molar-refractivity contribution in [1.82, 2.24) is 9.55 Å². The molecule has 0 aliphatic heterocycles. The van der Waals surface area contributed by atoms with Crippen molar-refractivity contribution in [2.75, 3.05) is 10.6 Å². The van der Waals surface area contributed by atoms with Crippen LogP contribution in [0.15, 0.2) is 32.4 Å². The smallest absolute Gasteiger partial charge is 0.330 e. The second kappa shape index (κ2) is 7.00. The van der Waals surface area contributed by atoms with E-state index in [1.165, 1.54) is 15.7 Å². The van der Waals surface area contributed by atoms with E-state index in [4.69, 9.17) is 10.2 Å². The number of hydrogen-bond acceptors (Lipinski definition) is 5. The molecule has 1 fully saturated rings. The van der Waals surface area contributed by atoms with E-state index in [9.17, 15) is 14.4 Å². The summed E-state index contributed by atoms with van der Waals surface area (Å²) in [6.45, 7) is 2.48. The van der Waals surface area contributed by atoms with Gasteiger partial charge in [-0.2, -0.15) is 0 Å². The van der Waals surface area contributed by atoms with Crippen LogP contribution in [0.25, 0.3) is 0 Å². The Morgan fingerprint density at radius 1 is 1.44 bits per heavy atom. The van der Waals surface area contributed by atoms with E-state index in [2.05, 4.69) is 4.98 Å². The Bertz CT molecular complexity index is 862. The molecule has 2 heterocycles. The lowest BCUT2D eigenvalue weighted by atomic mass is 10.2. The number of H-pyrrole nitrogens is 1. The summed E-state index contributed by atoms with van der Waals surface area (Å²) in [6, 6.07) is 3.44. The van der Waals surface area contributed by atoms with E-state index in [0.717, 1.165) is 25.7 Å². The molecule has 3 rings (SSSR count). The zero-order chi connectivity index (χ0) is 18.0. The third-order valence-electron chi connectivity index (χ3n) is 4.31. The quantitative estimate of drug-likeness (QED) is 0.787. The number of unbranched alkanes of at least 4 members (excludes halogenated alkanes) is 1. The minimum Gasteiger partial charge on any atom is -0.467 e. The molecule has 0 aromatic carbocycles. The summed E-state index contributed by atoms with van der Waals surface area (Å²) in [5, 5.41) is 0. The molecule has 25 heavy (non-hydrogen) atoms. The van der Waals surface area contributed by atoms with Crippen LogP contribution in [0.3, 0.4) is 0 Å². The van der Waals surface area contributed by atoms with E-state index >= 15 is 0 Å². The molecule has 2 aromatic rings. The van der Waals surface area contributed by atoms with Crippen molar-refractivity contribution in [3.8, 4) is 0 Å². The number of aromatic amines is 1. The minimum absolute atomic E-state index is 0.0164. The van der Waals surface area contributed by atoms with Crippen molar-refractivity contribution in [3.63, 3.8) is 0 Å². The number of nitrogen functional groups attached to an aromatic ring is 1. The van der Waals surface area contributed by atoms with Gasteiger partial charge in [-0.3, -0.25) is 24.0 Å². The Labute approximate surface area is 144 Å². The van der Waals surface area contributed by atoms with Crippen LogP contribution in [0.1, 0.15) is 38.4 Å². The predicted molar refractivity (Wildman–Crippen MR) is 93.3 cm³/mol. The van der Waals surface area contributed by atoms with Gasteiger partial charge in [0.1, 0.15) is 11.6 Å². The Hall–Kier alpha value is -2.77. The Morgan fingerprint density at radius 3 is 2.80 bits per heavy atom. The molecule has 1 aliphatic carbocycles. The molecule has 3 N–H and O–H groups in total. The number of nitrogens with one attached hydrogen (secondary N) is 1. The van der Waals surface area contributed by atoms with E-state index in [0.29, 0.717) is 12.3 Å². The Morgan fingerprint density at radius 2 is 2.20 bits per heavy atom. The van der Waals surface area contributed by atoms with Crippen LogP contribution in [0.2, 0.25) is 0 Å². The number of aromatic nitrogens is 2. The third kappa shape index (κ3) is 3.52. The zero-order valence-electron chi connectivity index (χ0n) is 14.2. The van der Waals surface area contributed by atoms with Gasteiger partial charge in [-0.1, -0.05) is 13.3 Å². The lowest BCUT2D eigenvalue weighted by Gasteiger charge is -2.23. The number of nitrogens with zero attached hydrogens (tertiary/aromatic N) is 2. The maximum absolute atomic E-state index is 12.7. The van der Waals surface area contributed by atoms with Crippen LogP contribution in [0.4, 0.5) is 11.5 Å². The van der Waals surface area contributed by atoms with Crippen molar-refractivity contribution in [2.24, 2.45) is 5.92 Å². The van der Waals surface area contributed by atoms with Crippen LogP contribution in [-0.2, 0) is 17.9 Å². The maximum atomic E-state index is 12.7. The van der Waals surface area contributed by atoms with E-state index in [1.54, 1.807) is 12.1 Å². The summed E-state index contributed by atoms with van der Waals surface area (Å²) < 4.78 is 6.63. The minimum atomic E-state index is -0.657. The second-order valence-electron chi connectivity index (χ2n) is 6.28. The monoisotopic (exact) mass is 346 g/mol. The largest absolute Gasteiger partial charge is 0.467 e. The van der Waals surface area contributed by atoms with E-state index in [-0.39, 0.29) is 29.9 Å². The fourth-order valence-electron chi connectivity index (χ4n) is 2.75. The lowest BCUT2D eigenvalue weighted by molar-refractivity contribution is -0.120. The number of carbonyl (C=O) groups excluding carboxylic acids is 1. The molecule has 0 spiro atoms. The van der Waals surface area contributed by atoms with Gasteiger partial charge in [-0.15, -0.1) is 0 Å². The summed E-state index contributed by atoms with van der Waals surface area (Å²) in [6.07, 6.45) is 4.70. The molecule has 1 amide bonds. The highest BCUT2D eigenvalue weighted by Gasteiger charge is 2.36. The standard InChI is InChI=1S/C17H22N4O4/c1-2-3-8-20-14(18)13(15(22)19-17(20)24)21(16(23)11-6-7-11)10-12-5-4-9-25-12/h4-5,9,11H,2-3,6-8,10,18H2,1H3,(H,19,22,24). The fourth-order valence-corrected chi connectivity index (χ4v) is 2.75. The first kappa shape index (κ1) is 17.1. The number of rotatable bonds is 7. The molecule has 8 nitrogen and oxygen atoms in total. The topological polar surface area (TPSA) is 114 Å². The van der Waals surface area contributed by atoms with Crippen LogP contribution in [0.5, 0.6) is 0 Å². The molecule has 134 valence electrons. The van der Waals surface area contributed by atoms with Crippen LogP contribution in [-0.4, -0.2) is 15.5 Å². The first-order valence-electron chi connectivity index (χ1n) is 8.49. The Kier molecular flexibility index (Phi) is 4.78. The average Bonchev–Trinajstić information content (AvgIpc) is 3.30. The maximum Gasteiger partial charge on any atom is 0.330 e. The van der Waals surface area contributed by atoms with Crippen LogP contribution >= 0.6 is 0 Å². The summed E-state index contributed by atoms with van der Waals surface area (Å²) in [4.78, 5) is 40.9. The van der Waals surface area contributed by atoms with E-state index < -0.39 is 11.2 Å². The highest BCUT2D eigenvalue weighted by Crippen LogP contribution is 2.33. The van der Waals surface area contributed by atoms with Gasteiger partial charge < -0.3 is 10.2 Å². The number of anilines is 2. The summed E-state index contributed by atoms with van der Waals surface area (Å²) in [5.74, 6) is 0.279. The normalized spacial score (nSPS) is 13.8. The molecule has 0 radical (unpaired) electrons. The van der Waals surface area contributed by atoms with Crippen LogP contribution in [0, 0.1) is 5.92 Å². The molecule has 1 aliphatic rings. The van der Waals surface area contributed by atoms with Crippen LogP contribution < -0.4 is 21.9 Å². The number of furan rings is 1. The highest BCUT2D eigenvalue weighted by atomic mass is 16.3. The van der Waals surface area contributed by atoms with Crippen molar-refractivity contribution in [2.45, 2.75) is 45.7 Å². The number of nitrogens with two attached hydrogens (primary N) is 1. The number of hydrogen-bond donors (Lipinski definition) is 2. The van der Waals surface area contributed by atoms with Gasteiger partial charge in [0.25, 0.3) is 5.56 Å². The molecule has 0 bridgehead atoms. The van der Waals surface area contributed by atoms with Crippen molar-refractivity contribution in [3.05, 3.63) is 45.0 Å². The van der Waals surface area contributed by atoms with Gasteiger partial charge in [0.05, 0.1) is 12.8 Å². The molecular weight excluding hydrogens is 324 g/mol. The molecule has 0 saturated heterocycles. The van der Waals surface area contributed by atoms with Gasteiger partial charge in [-0.05, 0) is 31.4 Å². The number of amides is 1. The second-order valence-corrected chi connectivity index (χ2v) is 6.28. The van der Waals surface area contributed by atoms with Gasteiger partial charge in [0.2, 0.25) is 5.91 Å². The summed E-state index contributed by atoms with van der Waals surface area (Å²) in [7, 11) is 0. The van der Waals surface area contributed by atoms with Crippen molar-refractivity contribution in [1.29, 1.82) is 0 Å². The zero-order valence-corrected chi connectivity index (χ0v) is 14.2. The predicted octanol–water partition coefficient (Wildman–Crippen LogP) is 1.46. The molecule has 2 aromatic heterocycles. The van der Waals surface area contributed by atoms with Gasteiger partial charge in [0.15, 0.2) is 5.69 Å². The molecule has 0 atom stereocenters. The molecule has 1 saturated carbocycles. The van der Waals surface area contributed by atoms with Crippen molar-refractivity contribution < 1.29 is 9.21 Å². The summed E-state index contributed by atoms with van der Waals surface area (Å²) in [5.41, 5.74) is 4.93. The van der Waals surface area contributed by atoms with Crippen molar-refractivity contribution >= 4 is 17.4 Å². The molecule has 0 unspecified atom stereocenters. The van der Waals surface area contributed by atoms with Gasteiger partial charge >= 0.3 is 5.69 Å². The number of carbonyl (C=O) groups is 1. The molecule has 8 heteroatoms.